The van der Waals surface area contributed by atoms with E-state index < -0.39 is 11.9 Å². The standard InChI is InChI=1S/C17H21NO4/c1-6-22-17(19)13(10-18)7-12-8-14(20-4)16(11(2)3)15(9-12)21-5/h8-9,13H,2,6-7H2,1,3-5H3. The van der Waals surface area contributed by atoms with Gasteiger partial charge in [-0.25, -0.2) is 0 Å². The molecule has 22 heavy (non-hydrogen) atoms. The fourth-order valence-corrected chi connectivity index (χ4v) is 2.16. The quantitative estimate of drug-likeness (QED) is 0.724. The zero-order chi connectivity index (χ0) is 16.7. The second-order valence-electron chi connectivity index (χ2n) is 4.79. The summed E-state index contributed by atoms with van der Waals surface area (Å²) in [4.78, 5) is 11.7. The fourth-order valence-electron chi connectivity index (χ4n) is 2.16. The highest BCUT2D eigenvalue weighted by Gasteiger charge is 2.22. The fraction of sp³-hybridized carbons (Fsp3) is 0.412. The van der Waals surface area contributed by atoms with Crippen molar-refractivity contribution >= 4 is 11.5 Å². The van der Waals surface area contributed by atoms with Crippen molar-refractivity contribution < 1.29 is 19.0 Å². The number of hydrogen-bond acceptors (Lipinski definition) is 5. The van der Waals surface area contributed by atoms with Gasteiger partial charge >= 0.3 is 5.97 Å². The van der Waals surface area contributed by atoms with Crippen LogP contribution in [0.15, 0.2) is 18.7 Å². The van der Waals surface area contributed by atoms with Crippen molar-refractivity contribution in [3.8, 4) is 17.6 Å². The topological polar surface area (TPSA) is 68.5 Å². The lowest BCUT2D eigenvalue weighted by Crippen LogP contribution is -2.18. The molecule has 0 bridgehead atoms. The average Bonchev–Trinajstić information content (AvgIpc) is 2.51. The number of rotatable bonds is 7. The van der Waals surface area contributed by atoms with Crippen LogP contribution in [0.4, 0.5) is 0 Å². The molecule has 1 aromatic carbocycles. The second kappa shape index (κ2) is 8.08. The van der Waals surface area contributed by atoms with Crippen LogP contribution in [-0.4, -0.2) is 26.8 Å². The summed E-state index contributed by atoms with van der Waals surface area (Å²) in [5, 5.41) is 9.15. The summed E-state index contributed by atoms with van der Waals surface area (Å²) in [6.07, 6.45) is 0.235. The Morgan fingerprint density at radius 2 is 1.86 bits per heavy atom. The normalized spacial score (nSPS) is 11.2. The molecule has 0 aliphatic rings. The first kappa shape index (κ1) is 17.6. The van der Waals surface area contributed by atoms with Gasteiger partial charge in [-0.1, -0.05) is 6.58 Å². The van der Waals surface area contributed by atoms with Crippen molar-refractivity contribution in [1.82, 2.24) is 0 Å². The molecule has 0 heterocycles. The molecule has 5 nitrogen and oxygen atoms in total. The predicted octanol–water partition coefficient (Wildman–Crippen LogP) is 2.98. The number of carbonyl (C=O) groups excluding carboxylic acids is 1. The molecule has 0 saturated carbocycles. The first-order valence-electron chi connectivity index (χ1n) is 6.95. The summed E-state index contributed by atoms with van der Waals surface area (Å²) in [5.41, 5.74) is 2.35. The van der Waals surface area contributed by atoms with Crippen molar-refractivity contribution in [1.29, 1.82) is 5.26 Å². The predicted molar refractivity (Wildman–Crippen MR) is 83.7 cm³/mol. The monoisotopic (exact) mass is 303 g/mol. The molecule has 0 fully saturated rings. The number of ether oxygens (including phenoxy) is 3. The molecule has 0 saturated heterocycles. The zero-order valence-corrected chi connectivity index (χ0v) is 13.4. The number of carbonyl (C=O) groups is 1. The first-order chi connectivity index (χ1) is 10.5. The Kier molecular flexibility index (Phi) is 6.46. The van der Waals surface area contributed by atoms with Crippen LogP contribution >= 0.6 is 0 Å². The van der Waals surface area contributed by atoms with Gasteiger partial charge in [-0.05, 0) is 43.5 Å². The van der Waals surface area contributed by atoms with E-state index >= 15 is 0 Å². The molecule has 0 aromatic heterocycles. The van der Waals surface area contributed by atoms with Crippen LogP contribution in [0.5, 0.6) is 11.5 Å². The van der Waals surface area contributed by atoms with Crippen LogP contribution in [0.1, 0.15) is 25.0 Å². The minimum absolute atomic E-state index is 0.235. The minimum Gasteiger partial charge on any atom is -0.496 e. The number of allylic oxidation sites excluding steroid dienone is 1. The van der Waals surface area contributed by atoms with Gasteiger partial charge in [0.15, 0.2) is 0 Å². The van der Waals surface area contributed by atoms with Gasteiger partial charge in [0, 0.05) is 0 Å². The summed E-state index contributed by atoms with van der Waals surface area (Å²) in [7, 11) is 3.11. The summed E-state index contributed by atoms with van der Waals surface area (Å²) >= 11 is 0. The molecule has 0 aliphatic heterocycles. The number of hydrogen-bond donors (Lipinski definition) is 0. The Bertz CT molecular complexity index is 576. The van der Waals surface area contributed by atoms with Crippen LogP contribution in [-0.2, 0) is 16.0 Å². The smallest absolute Gasteiger partial charge is 0.323 e. The van der Waals surface area contributed by atoms with Crippen molar-refractivity contribution in [2.45, 2.75) is 20.3 Å². The van der Waals surface area contributed by atoms with Crippen LogP contribution in [0.3, 0.4) is 0 Å². The minimum atomic E-state index is -0.856. The van der Waals surface area contributed by atoms with Gasteiger partial charge in [0.1, 0.15) is 17.4 Å². The maximum Gasteiger partial charge on any atom is 0.323 e. The Labute approximate surface area is 131 Å². The molecule has 1 atom stereocenters. The number of nitrogens with zero attached hydrogens (tertiary/aromatic N) is 1. The molecule has 0 aliphatic carbocycles. The van der Waals surface area contributed by atoms with Gasteiger partial charge in [-0.2, -0.15) is 5.26 Å². The Morgan fingerprint density at radius 1 is 1.32 bits per heavy atom. The maximum absolute atomic E-state index is 11.7. The Hall–Kier alpha value is -2.48. The molecule has 0 N–H and O–H groups in total. The molecule has 0 spiro atoms. The van der Waals surface area contributed by atoms with Gasteiger partial charge in [0.2, 0.25) is 0 Å². The van der Waals surface area contributed by atoms with Crippen LogP contribution in [0, 0.1) is 17.2 Å². The van der Waals surface area contributed by atoms with Crippen molar-refractivity contribution in [2.75, 3.05) is 20.8 Å². The lowest BCUT2D eigenvalue weighted by atomic mass is 9.96. The highest BCUT2D eigenvalue weighted by molar-refractivity contribution is 5.76. The molecular formula is C17H21NO4. The number of benzene rings is 1. The summed E-state index contributed by atoms with van der Waals surface area (Å²) in [5.74, 6) is -0.179. The van der Waals surface area contributed by atoms with E-state index in [1.165, 1.54) is 0 Å². The van der Waals surface area contributed by atoms with E-state index in [1.807, 2.05) is 13.0 Å². The van der Waals surface area contributed by atoms with E-state index in [1.54, 1.807) is 33.3 Å². The van der Waals surface area contributed by atoms with Crippen molar-refractivity contribution in [3.63, 3.8) is 0 Å². The van der Waals surface area contributed by atoms with E-state index in [-0.39, 0.29) is 13.0 Å². The summed E-state index contributed by atoms with van der Waals surface area (Å²) < 4.78 is 15.7. The Morgan fingerprint density at radius 3 is 2.23 bits per heavy atom. The number of esters is 1. The largest absolute Gasteiger partial charge is 0.496 e. The van der Waals surface area contributed by atoms with E-state index in [4.69, 9.17) is 19.5 Å². The second-order valence-corrected chi connectivity index (χ2v) is 4.79. The lowest BCUT2D eigenvalue weighted by molar-refractivity contribution is -0.145. The number of nitriles is 1. The van der Waals surface area contributed by atoms with Gasteiger partial charge in [-0.15, -0.1) is 0 Å². The first-order valence-corrected chi connectivity index (χ1v) is 6.95. The van der Waals surface area contributed by atoms with Gasteiger partial charge in [-0.3, -0.25) is 4.79 Å². The van der Waals surface area contributed by atoms with E-state index in [0.29, 0.717) is 11.5 Å². The summed E-state index contributed by atoms with van der Waals surface area (Å²) in [6.45, 7) is 7.73. The van der Waals surface area contributed by atoms with Gasteiger partial charge < -0.3 is 14.2 Å². The van der Waals surface area contributed by atoms with Crippen LogP contribution in [0.25, 0.3) is 5.57 Å². The van der Waals surface area contributed by atoms with Crippen molar-refractivity contribution in [3.05, 3.63) is 29.8 Å². The third-order valence-corrected chi connectivity index (χ3v) is 3.16. The zero-order valence-electron chi connectivity index (χ0n) is 13.4. The highest BCUT2D eigenvalue weighted by atomic mass is 16.5. The molecule has 1 unspecified atom stereocenters. The highest BCUT2D eigenvalue weighted by Crippen LogP contribution is 2.36. The third-order valence-electron chi connectivity index (χ3n) is 3.16. The van der Waals surface area contributed by atoms with E-state index in [9.17, 15) is 4.79 Å². The lowest BCUT2D eigenvalue weighted by Gasteiger charge is -2.16. The SMILES string of the molecule is C=C(C)c1c(OC)cc(CC(C#N)C(=O)OCC)cc1OC. The third kappa shape index (κ3) is 4.01. The molecule has 1 rings (SSSR count). The molecule has 118 valence electrons. The van der Waals surface area contributed by atoms with Crippen LogP contribution in [0.2, 0.25) is 0 Å². The number of methoxy groups -OCH3 is 2. The van der Waals surface area contributed by atoms with E-state index in [0.717, 1.165) is 16.7 Å². The van der Waals surface area contributed by atoms with E-state index in [2.05, 4.69) is 6.58 Å². The van der Waals surface area contributed by atoms with Crippen molar-refractivity contribution in [2.24, 2.45) is 5.92 Å². The molecule has 1 aromatic rings. The average molecular weight is 303 g/mol. The Balaban J connectivity index is 3.18. The molecule has 5 heteroatoms. The summed E-state index contributed by atoms with van der Waals surface area (Å²) in [6, 6.07) is 5.55. The van der Waals surface area contributed by atoms with Gasteiger partial charge in [0.25, 0.3) is 0 Å². The molecular weight excluding hydrogens is 282 g/mol. The van der Waals surface area contributed by atoms with Gasteiger partial charge in [0.05, 0.1) is 32.5 Å². The molecule has 0 amide bonds. The van der Waals surface area contributed by atoms with Crippen LogP contribution < -0.4 is 9.47 Å². The maximum atomic E-state index is 11.7. The molecule has 0 radical (unpaired) electrons.